The molecule has 0 saturated carbocycles. The van der Waals surface area contributed by atoms with Crippen LogP contribution in [-0.4, -0.2) is 10.8 Å². The van der Waals surface area contributed by atoms with Gasteiger partial charge in [-0.15, -0.1) is 0 Å². The van der Waals surface area contributed by atoms with Crippen molar-refractivity contribution in [2.24, 2.45) is 0 Å². The molecule has 0 spiro atoms. The van der Waals surface area contributed by atoms with Crippen molar-refractivity contribution in [3.63, 3.8) is 0 Å². The number of anilines is 1. The van der Waals surface area contributed by atoms with E-state index in [2.05, 4.69) is 41.9 Å². The van der Waals surface area contributed by atoms with E-state index in [1.807, 2.05) is 0 Å². The summed E-state index contributed by atoms with van der Waals surface area (Å²) in [5, 5.41) is 13.3. The molecule has 32 heavy (non-hydrogen) atoms. The quantitative estimate of drug-likeness (QED) is 0.121. The molecule has 0 fully saturated rings. The van der Waals surface area contributed by atoms with Gasteiger partial charge in [-0.2, -0.15) is 8.78 Å². The van der Waals surface area contributed by atoms with Crippen LogP contribution in [0.15, 0.2) is 37.6 Å². The highest BCUT2D eigenvalue weighted by Crippen LogP contribution is 2.35. The number of nitro benzene ring substituents is 1. The highest BCUT2D eigenvalue weighted by Gasteiger charge is 2.27. The number of ether oxygens (including phenoxy) is 1. The Labute approximate surface area is 191 Å². The molecule has 1 N–H and O–H groups in total. The first-order chi connectivity index (χ1) is 15.0. The van der Waals surface area contributed by atoms with Crippen LogP contribution in [0.4, 0.5) is 33.3 Å². The van der Waals surface area contributed by atoms with Gasteiger partial charge in [-0.05, 0) is 44.0 Å². The second kappa shape index (κ2) is 9.24. The lowest BCUT2D eigenvalue weighted by Gasteiger charge is -2.09. The van der Waals surface area contributed by atoms with Crippen molar-refractivity contribution in [2.45, 2.75) is 6.61 Å². The van der Waals surface area contributed by atoms with Gasteiger partial charge in [0.15, 0.2) is 11.5 Å². The summed E-state index contributed by atoms with van der Waals surface area (Å²) < 4.78 is 77.0. The van der Waals surface area contributed by atoms with E-state index < -0.39 is 52.3 Å². The number of furan rings is 1. The average Bonchev–Trinajstić information content (AvgIpc) is 3.22. The van der Waals surface area contributed by atoms with Gasteiger partial charge in [0.05, 0.1) is 10.6 Å². The number of carbonyl (C=O) groups is 1. The van der Waals surface area contributed by atoms with E-state index in [-0.39, 0.29) is 31.8 Å². The highest BCUT2D eigenvalue weighted by molar-refractivity contribution is 9.11. The molecule has 0 aliphatic carbocycles. The molecule has 0 bridgehead atoms. The number of nitrogens with zero attached hydrogens (tertiary/aromatic N) is 1. The van der Waals surface area contributed by atoms with Crippen molar-refractivity contribution in [1.29, 1.82) is 0 Å². The van der Waals surface area contributed by atoms with Gasteiger partial charge >= 0.3 is 0 Å². The van der Waals surface area contributed by atoms with Crippen LogP contribution in [0.5, 0.6) is 5.75 Å². The molecular weight excluding hydrogens is 579 g/mol. The summed E-state index contributed by atoms with van der Waals surface area (Å²) in [6, 6.07) is 4.66. The summed E-state index contributed by atoms with van der Waals surface area (Å²) in [4.78, 5) is 22.6. The molecule has 7 nitrogen and oxygen atoms in total. The molecule has 0 atom stereocenters. The Kier molecular flexibility index (Phi) is 6.83. The van der Waals surface area contributed by atoms with Crippen LogP contribution in [0, 0.1) is 39.2 Å². The van der Waals surface area contributed by atoms with Gasteiger partial charge in [0.2, 0.25) is 29.1 Å². The summed E-state index contributed by atoms with van der Waals surface area (Å²) in [5.74, 6) is -13.7. The Morgan fingerprint density at radius 3 is 2.06 bits per heavy atom. The Hall–Kier alpha value is -3.00. The largest absolute Gasteiger partial charge is 0.479 e. The van der Waals surface area contributed by atoms with Crippen molar-refractivity contribution in [2.75, 3.05) is 5.32 Å². The summed E-state index contributed by atoms with van der Waals surface area (Å²) in [6.45, 7) is -0.753. The van der Waals surface area contributed by atoms with E-state index in [0.29, 0.717) is 0 Å². The standard InChI is InChI=1S/C18H7Br2F5N2O5/c19-8-3-6(27(29)30)4-9(20)16(8)26-18(28)10-2-1-7(32-10)5-31-17-14(24)12(22)11(21)13(23)15(17)25/h1-4H,5H2,(H,26,28). The van der Waals surface area contributed by atoms with Gasteiger partial charge in [-0.25, -0.2) is 13.2 Å². The van der Waals surface area contributed by atoms with Crippen LogP contribution in [0.25, 0.3) is 0 Å². The van der Waals surface area contributed by atoms with Gasteiger partial charge < -0.3 is 14.5 Å². The molecule has 3 aromatic rings. The number of non-ortho nitro benzene ring substituents is 1. The fraction of sp³-hybridized carbons (Fsp3) is 0.0556. The molecule has 0 aliphatic rings. The molecule has 2 aromatic carbocycles. The number of hydrogen-bond acceptors (Lipinski definition) is 5. The molecule has 14 heteroatoms. The van der Waals surface area contributed by atoms with E-state index in [4.69, 9.17) is 4.42 Å². The molecule has 1 heterocycles. The fourth-order valence-electron chi connectivity index (χ4n) is 2.39. The number of halogens is 7. The van der Waals surface area contributed by atoms with E-state index in [9.17, 15) is 36.9 Å². The molecule has 0 unspecified atom stereocenters. The predicted octanol–water partition coefficient (Wildman–Crippen LogP) is 6.24. The molecule has 0 saturated heterocycles. The lowest BCUT2D eigenvalue weighted by Crippen LogP contribution is -2.12. The SMILES string of the molecule is O=C(Nc1c(Br)cc([N+](=O)[O-])cc1Br)c1ccc(COc2c(F)c(F)c(F)c(F)c2F)o1. The number of carbonyl (C=O) groups excluding carboxylic acids is 1. The number of hydrogen-bond donors (Lipinski definition) is 1. The molecule has 3 rings (SSSR count). The first kappa shape index (κ1) is 23.7. The zero-order valence-electron chi connectivity index (χ0n) is 15.2. The number of nitro groups is 1. The van der Waals surface area contributed by atoms with Crippen molar-refractivity contribution in [1.82, 2.24) is 0 Å². The van der Waals surface area contributed by atoms with Crippen LogP contribution in [-0.2, 0) is 6.61 Å². The predicted molar refractivity (Wildman–Crippen MR) is 106 cm³/mol. The third-order valence-corrected chi connectivity index (χ3v) is 5.14. The minimum absolute atomic E-state index is 0.149. The van der Waals surface area contributed by atoms with E-state index >= 15 is 0 Å². The second-order valence-corrected chi connectivity index (χ2v) is 7.66. The third-order valence-electron chi connectivity index (χ3n) is 3.89. The fourth-order valence-corrected chi connectivity index (χ4v) is 3.75. The second-order valence-electron chi connectivity index (χ2n) is 5.95. The van der Waals surface area contributed by atoms with Gasteiger partial charge in [0, 0.05) is 21.1 Å². The van der Waals surface area contributed by atoms with Gasteiger partial charge in [-0.1, -0.05) is 0 Å². The van der Waals surface area contributed by atoms with Gasteiger partial charge in [0.1, 0.15) is 12.4 Å². The zero-order valence-corrected chi connectivity index (χ0v) is 18.3. The van der Waals surface area contributed by atoms with Crippen molar-refractivity contribution in [3.8, 4) is 5.75 Å². The first-order valence-corrected chi connectivity index (χ1v) is 9.77. The number of nitrogens with one attached hydrogen (secondary N) is 1. The molecule has 168 valence electrons. The first-order valence-electron chi connectivity index (χ1n) is 8.19. The lowest BCUT2D eigenvalue weighted by atomic mass is 10.2. The number of rotatable bonds is 6. The molecule has 1 amide bonds. The maximum atomic E-state index is 13.6. The van der Waals surface area contributed by atoms with Crippen LogP contribution >= 0.6 is 31.9 Å². The van der Waals surface area contributed by atoms with Crippen LogP contribution < -0.4 is 10.1 Å². The van der Waals surface area contributed by atoms with Crippen molar-refractivity contribution >= 4 is 49.1 Å². The molecule has 0 aliphatic heterocycles. The minimum Gasteiger partial charge on any atom is -0.479 e. The highest BCUT2D eigenvalue weighted by atomic mass is 79.9. The van der Waals surface area contributed by atoms with E-state index in [0.717, 1.165) is 12.1 Å². The Bertz CT molecular complexity index is 1200. The smallest absolute Gasteiger partial charge is 0.291 e. The third kappa shape index (κ3) is 4.60. The zero-order chi connectivity index (χ0) is 23.7. The van der Waals surface area contributed by atoms with E-state index in [1.165, 1.54) is 12.1 Å². The van der Waals surface area contributed by atoms with E-state index in [1.54, 1.807) is 0 Å². The normalized spacial score (nSPS) is 10.8. The summed E-state index contributed by atoms with van der Waals surface area (Å²) in [6.07, 6.45) is 0. The van der Waals surface area contributed by atoms with Crippen molar-refractivity contribution < 1.29 is 40.8 Å². The molecule has 1 aromatic heterocycles. The monoisotopic (exact) mass is 584 g/mol. The van der Waals surface area contributed by atoms with Crippen molar-refractivity contribution in [3.05, 3.63) is 83.9 Å². The Balaban J connectivity index is 1.75. The summed E-state index contributed by atoms with van der Waals surface area (Å²) in [7, 11) is 0. The van der Waals surface area contributed by atoms with Gasteiger partial charge in [0.25, 0.3) is 11.6 Å². The van der Waals surface area contributed by atoms with Crippen LogP contribution in [0.1, 0.15) is 16.3 Å². The summed E-state index contributed by atoms with van der Waals surface area (Å²) in [5.41, 5.74) is -0.0940. The Morgan fingerprint density at radius 1 is 1.00 bits per heavy atom. The van der Waals surface area contributed by atoms with Crippen LogP contribution in [0.3, 0.4) is 0 Å². The maximum absolute atomic E-state index is 13.6. The molecule has 0 radical (unpaired) electrons. The molecular formula is C18H7Br2F5N2O5. The van der Waals surface area contributed by atoms with Crippen LogP contribution in [0.2, 0.25) is 0 Å². The summed E-state index contributed by atoms with van der Waals surface area (Å²) >= 11 is 6.19. The lowest BCUT2D eigenvalue weighted by molar-refractivity contribution is -0.385. The number of amides is 1. The minimum atomic E-state index is -2.33. The maximum Gasteiger partial charge on any atom is 0.291 e. The topological polar surface area (TPSA) is 94.6 Å². The van der Waals surface area contributed by atoms with Gasteiger partial charge in [-0.3, -0.25) is 14.9 Å². The Morgan fingerprint density at radius 2 is 1.53 bits per heavy atom. The average molecular weight is 586 g/mol. The number of benzene rings is 2.